The zero-order valence-electron chi connectivity index (χ0n) is 15.3. The molecule has 0 aromatic carbocycles. The molecule has 0 spiro atoms. The fraction of sp³-hybridized carbons (Fsp3) is 0.444. The lowest BCUT2D eigenvalue weighted by Gasteiger charge is -2.36. The molecule has 1 aliphatic rings. The van der Waals surface area contributed by atoms with Gasteiger partial charge in [0.15, 0.2) is 17.0 Å². The van der Waals surface area contributed by atoms with Crippen LogP contribution in [0.1, 0.15) is 13.8 Å². The number of aromatic nitrogens is 5. The first-order valence-electron chi connectivity index (χ1n) is 8.87. The van der Waals surface area contributed by atoms with Crippen LogP contribution in [-0.2, 0) is 7.05 Å². The number of ether oxygens (including phenoxy) is 1. The standard InChI is InChI=1S/C18H23N7O/c1-13(2)26-15-6-4-5-14(22-15)24-7-9-25(10-8-24)18-16-17(19-11-20-18)23(3)12-21-16/h4-6,11-13H,7-10H2,1-3H3. The minimum atomic E-state index is 0.119. The van der Waals surface area contributed by atoms with Gasteiger partial charge in [0.2, 0.25) is 5.88 Å². The maximum atomic E-state index is 5.71. The smallest absolute Gasteiger partial charge is 0.215 e. The van der Waals surface area contributed by atoms with E-state index in [4.69, 9.17) is 4.74 Å². The predicted molar refractivity (Wildman–Crippen MR) is 101 cm³/mol. The highest BCUT2D eigenvalue weighted by Crippen LogP contribution is 2.24. The van der Waals surface area contributed by atoms with Gasteiger partial charge in [0.1, 0.15) is 12.1 Å². The normalized spacial score (nSPS) is 15.1. The van der Waals surface area contributed by atoms with E-state index in [1.54, 1.807) is 12.7 Å². The number of anilines is 2. The Balaban J connectivity index is 1.49. The van der Waals surface area contributed by atoms with Crippen molar-refractivity contribution >= 4 is 22.8 Å². The lowest BCUT2D eigenvalue weighted by atomic mass is 10.3. The molecule has 1 saturated heterocycles. The highest BCUT2D eigenvalue weighted by molar-refractivity contribution is 5.83. The zero-order valence-corrected chi connectivity index (χ0v) is 15.3. The third kappa shape index (κ3) is 3.14. The maximum Gasteiger partial charge on any atom is 0.215 e. The van der Waals surface area contributed by atoms with Gasteiger partial charge in [-0.1, -0.05) is 6.07 Å². The molecule has 8 heteroatoms. The number of pyridine rings is 1. The number of fused-ring (bicyclic) bond motifs is 1. The molecule has 0 unspecified atom stereocenters. The molecule has 0 saturated carbocycles. The first kappa shape index (κ1) is 16.6. The van der Waals surface area contributed by atoms with E-state index in [0.717, 1.165) is 49.0 Å². The van der Waals surface area contributed by atoms with Crippen molar-refractivity contribution in [1.82, 2.24) is 24.5 Å². The zero-order chi connectivity index (χ0) is 18.1. The number of piperazine rings is 1. The molecule has 0 radical (unpaired) electrons. The van der Waals surface area contributed by atoms with Gasteiger partial charge < -0.3 is 19.1 Å². The van der Waals surface area contributed by atoms with Crippen molar-refractivity contribution < 1.29 is 4.74 Å². The number of hydrogen-bond acceptors (Lipinski definition) is 7. The first-order valence-corrected chi connectivity index (χ1v) is 8.87. The van der Waals surface area contributed by atoms with Crippen LogP contribution >= 0.6 is 0 Å². The van der Waals surface area contributed by atoms with Gasteiger partial charge in [0.25, 0.3) is 0 Å². The second kappa shape index (κ2) is 6.78. The van der Waals surface area contributed by atoms with Crippen molar-refractivity contribution in [3.63, 3.8) is 0 Å². The Bertz CT molecular complexity index is 899. The molecule has 0 aliphatic carbocycles. The van der Waals surface area contributed by atoms with Crippen molar-refractivity contribution in [1.29, 1.82) is 0 Å². The Hall–Kier alpha value is -2.90. The quantitative estimate of drug-likeness (QED) is 0.709. The van der Waals surface area contributed by atoms with Gasteiger partial charge in [-0.25, -0.2) is 15.0 Å². The summed E-state index contributed by atoms with van der Waals surface area (Å²) in [7, 11) is 1.95. The van der Waals surface area contributed by atoms with Gasteiger partial charge in [-0.2, -0.15) is 4.98 Å². The molecular weight excluding hydrogens is 330 g/mol. The lowest BCUT2D eigenvalue weighted by molar-refractivity contribution is 0.233. The van der Waals surface area contributed by atoms with Crippen LogP contribution in [0.2, 0.25) is 0 Å². The van der Waals surface area contributed by atoms with Gasteiger partial charge in [-0.05, 0) is 19.9 Å². The Kier molecular flexibility index (Phi) is 4.32. The molecule has 1 fully saturated rings. The average Bonchev–Trinajstić information content (AvgIpc) is 3.03. The summed E-state index contributed by atoms with van der Waals surface area (Å²) in [6.45, 7) is 7.48. The number of nitrogens with zero attached hydrogens (tertiary/aromatic N) is 7. The second-order valence-corrected chi connectivity index (χ2v) is 6.70. The molecule has 8 nitrogen and oxygen atoms in total. The van der Waals surface area contributed by atoms with E-state index in [-0.39, 0.29) is 6.10 Å². The maximum absolute atomic E-state index is 5.71. The number of hydrogen-bond donors (Lipinski definition) is 0. The number of rotatable bonds is 4. The summed E-state index contributed by atoms with van der Waals surface area (Å²) >= 11 is 0. The van der Waals surface area contributed by atoms with Gasteiger partial charge in [-0.3, -0.25) is 0 Å². The summed E-state index contributed by atoms with van der Waals surface area (Å²) < 4.78 is 7.63. The fourth-order valence-corrected chi connectivity index (χ4v) is 3.20. The molecule has 0 bridgehead atoms. The molecule has 26 heavy (non-hydrogen) atoms. The summed E-state index contributed by atoms with van der Waals surface area (Å²) in [6.07, 6.45) is 3.51. The van der Waals surface area contributed by atoms with Gasteiger partial charge in [-0.15, -0.1) is 0 Å². The minimum absolute atomic E-state index is 0.119. The summed E-state index contributed by atoms with van der Waals surface area (Å²) in [5.74, 6) is 2.53. The minimum Gasteiger partial charge on any atom is -0.475 e. The number of imidazole rings is 1. The summed E-state index contributed by atoms with van der Waals surface area (Å²) in [4.78, 5) is 22.4. The molecule has 4 heterocycles. The predicted octanol–water partition coefficient (Wildman–Crippen LogP) is 1.87. The van der Waals surface area contributed by atoms with Gasteiger partial charge in [0.05, 0.1) is 12.4 Å². The van der Waals surface area contributed by atoms with Crippen molar-refractivity contribution in [2.24, 2.45) is 7.05 Å². The highest BCUT2D eigenvalue weighted by atomic mass is 16.5. The molecule has 3 aromatic heterocycles. The highest BCUT2D eigenvalue weighted by Gasteiger charge is 2.22. The fourth-order valence-electron chi connectivity index (χ4n) is 3.20. The first-order chi connectivity index (χ1) is 12.6. The van der Waals surface area contributed by atoms with E-state index in [2.05, 4.69) is 29.7 Å². The monoisotopic (exact) mass is 353 g/mol. The third-order valence-corrected chi connectivity index (χ3v) is 4.45. The van der Waals surface area contributed by atoms with Gasteiger partial charge >= 0.3 is 0 Å². The van der Waals surface area contributed by atoms with E-state index in [1.807, 2.05) is 43.7 Å². The topological polar surface area (TPSA) is 72.2 Å². The van der Waals surface area contributed by atoms with E-state index >= 15 is 0 Å². The summed E-state index contributed by atoms with van der Waals surface area (Å²) in [5.41, 5.74) is 1.71. The van der Waals surface area contributed by atoms with Crippen LogP contribution in [0.4, 0.5) is 11.6 Å². The Labute approximate surface area is 152 Å². The SMILES string of the molecule is CC(C)Oc1cccc(N2CCN(c3ncnc4c3ncn4C)CC2)n1. The summed E-state index contributed by atoms with van der Waals surface area (Å²) in [6, 6.07) is 5.93. The molecular formula is C18H23N7O. The van der Waals surface area contributed by atoms with Crippen LogP contribution in [-0.4, -0.2) is 56.8 Å². The number of aryl methyl sites for hydroxylation is 1. The van der Waals surface area contributed by atoms with Crippen molar-refractivity contribution in [3.05, 3.63) is 30.9 Å². The van der Waals surface area contributed by atoms with Crippen LogP contribution < -0.4 is 14.5 Å². The second-order valence-electron chi connectivity index (χ2n) is 6.70. The molecule has 0 atom stereocenters. The van der Waals surface area contributed by atoms with Crippen molar-refractivity contribution in [2.45, 2.75) is 20.0 Å². The van der Waals surface area contributed by atoms with Crippen molar-refractivity contribution in [2.75, 3.05) is 36.0 Å². The Morgan fingerprint density at radius 2 is 1.77 bits per heavy atom. The van der Waals surface area contributed by atoms with E-state index in [0.29, 0.717) is 5.88 Å². The molecule has 0 amide bonds. The van der Waals surface area contributed by atoms with Gasteiger partial charge in [0, 0.05) is 39.3 Å². The van der Waals surface area contributed by atoms with E-state index in [9.17, 15) is 0 Å². The average molecular weight is 353 g/mol. The van der Waals surface area contributed by atoms with E-state index in [1.165, 1.54) is 0 Å². The lowest BCUT2D eigenvalue weighted by Crippen LogP contribution is -2.47. The Morgan fingerprint density at radius 3 is 2.54 bits per heavy atom. The van der Waals surface area contributed by atoms with Crippen LogP contribution in [0.5, 0.6) is 5.88 Å². The molecule has 136 valence electrons. The summed E-state index contributed by atoms with van der Waals surface area (Å²) in [5, 5.41) is 0. The van der Waals surface area contributed by atoms with Crippen LogP contribution in [0.15, 0.2) is 30.9 Å². The van der Waals surface area contributed by atoms with Crippen LogP contribution in [0, 0.1) is 0 Å². The van der Waals surface area contributed by atoms with Crippen LogP contribution in [0.25, 0.3) is 11.2 Å². The molecule has 3 aromatic rings. The molecule has 0 N–H and O–H groups in total. The Morgan fingerprint density at radius 1 is 1.00 bits per heavy atom. The largest absolute Gasteiger partial charge is 0.475 e. The molecule has 4 rings (SSSR count). The molecule has 1 aliphatic heterocycles. The van der Waals surface area contributed by atoms with Crippen LogP contribution in [0.3, 0.4) is 0 Å². The third-order valence-electron chi connectivity index (χ3n) is 4.45. The van der Waals surface area contributed by atoms with Crippen molar-refractivity contribution in [3.8, 4) is 5.88 Å². The van der Waals surface area contributed by atoms with E-state index < -0.39 is 0 Å².